The maximum Gasteiger partial charge on any atom is 0.163 e. The van der Waals surface area contributed by atoms with E-state index in [2.05, 4.69) is 12.0 Å². The fourth-order valence-corrected chi connectivity index (χ4v) is 3.38. The number of hydrogen-bond acceptors (Lipinski definition) is 5. The van der Waals surface area contributed by atoms with Crippen molar-refractivity contribution >= 4 is 0 Å². The number of aromatic nitrogens is 5. The summed E-state index contributed by atoms with van der Waals surface area (Å²) in [5, 5.41) is 9.27. The second-order valence-corrected chi connectivity index (χ2v) is 6.75. The lowest BCUT2D eigenvalue weighted by molar-refractivity contribution is 0.171. The minimum atomic E-state index is 0.0400. The highest BCUT2D eigenvalue weighted by molar-refractivity contribution is 5.49. The van der Waals surface area contributed by atoms with Crippen LogP contribution in [0, 0.1) is 0 Å². The molecule has 1 atom stereocenters. The fourth-order valence-electron chi connectivity index (χ4n) is 3.38. The van der Waals surface area contributed by atoms with Crippen LogP contribution in [0.15, 0.2) is 36.7 Å². The van der Waals surface area contributed by atoms with Crippen LogP contribution in [0.5, 0.6) is 11.5 Å². The Labute approximate surface area is 151 Å². The van der Waals surface area contributed by atoms with Crippen molar-refractivity contribution in [3.05, 3.63) is 48.3 Å². The smallest absolute Gasteiger partial charge is 0.163 e. The van der Waals surface area contributed by atoms with E-state index < -0.39 is 0 Å². The normalized spacial score (nSPS) is 17.3. The summed E-state index contributed by atoms with van der Waals surface area (Å²) < 4.78 is 15.3. The Morgan fingerprint density at radius 1 is 1.19 bits per heavy atom. The van der Waals surface area contributed by atoms with E-state index in [1.165, 1.54) is 12.8 Å². The van der Waals surface area contributed by atoms with Crippen LogP contribution in [-0.4, -0.2) is 37.8 Å². The van der Waals surface area contributed by atoms with Crippen molar-refractivity contribution in [3.63, 3.8) is 0 Å². The molecular weight excluding hydrogens is 330 g/mol. The zero-order valence-corrected chi connectivity index (χ0v) is 14.7. The molecule has 2 aromatic heterocycles. The Morgan fingerprint density at radius 2 is 2.04 bits per heavy atom. The lowest BCUT2D eigenvalue weighted by atomic mass is 10.2. The number of benzene rings is 1. The lowest BCUT2D eigenvalue weighted by Gasteiger charge is -2.20. The second kappa shape index (κ2) is 6.16. The molecule has 3 heterocycles. The highest BCUT2D eigenvalue weighted by Gasteiger charge is 2.31. The van der Waals surface area contributed by atoms with Crippen molar-refractivity contribution in [1.82, 2.24) is 24.5 Å². The van der Waals surface area contributed by atoms with Crippen LogP contribution in [0.25, 0.3) is 5.69 Å². The number of nitrogens with zero attached hydrogens (tertiary/aromatic N) is 5. The topological polar surface area (TPSA) is 67.0 Å². The first-order valence-corrected chi connectivity index (χ1v) is 9.19. The van der Waals surface area contributed by atoms with Gasteiger partial charge in [0, 0.05) is 24.4 Å². The summed E-state index contributed by atoms with van der Waals surface area (Å²) in [6, 6.07) is 7.92. The molecule has 0 saturated heterocycles. The molecule has 1 unspecified atom stereocenters. The lowest BCUT2D eigenvalue weighted by Crippen LogP contribution is -2.17. The zero-order valence-electron chi connectivity index (χ0n) is 14.7. The molecule has 26 heavy (non-hydrogen) atoms. The van der Waals surface area contributed by atoms with E-state index >= 15 is 0 Å². The van der Waals surface area contributed by atoms with Gasteiger partial charge in [0.2, 0.25) is 0 Å². The van der Waals surface area contributed by atoms with Gasteiger partial charge in [0.15, 0.2) is 23.1 Å². The molecule has 7 nitrogen and oxygen atoms in total. The van der Waals surface area contributed by atoms with Crippen molar-refractivity contribution < 1.29 is 9.47 Å². The van der Waals surface area contributed by atoms with E-state index in [1.807, 2.05) is 39.8 Å². The van der Waals surface area contributed by atoms with Gasteiger partial charge in [-0.1, -0.05) is 6.92 Å². The van der Waals surface area contributed by atoms with Crippen LogP contribution >= 0.6 is 0 Å². The van der Waals surface area contributed by atoms with Gasteiger partial charge >= 0.3 is 0 Å². The summed E-state index contributed by atoms with van der Waals surface area (Å²) in [7, 11) is 0. The van der Waals surface area contributed by atoms with Gasteiger partial charge in [0.25, 0.3) is 0 Å². The average Bonchev–Trinajstić information content (AvgIpc) is 3.22. The number of rotatable bonds is 5. The van der Waals surface area contributed by atoms with Crippen molar-refractivity contribution in [1.29, 1.82) is 0 Å². The monoisotopic (exact) mass is 351 g/mol. The predicted molar refractivity (Wildman–Crippen MR) is 95.0 cm³/mol. The van der Waals surface area contributed by atoms with Crippen molar-refractivity contribution in [2.45, 2.75) is 38.1 Å². The summed E-state index contributed by atoms with van der Waals surface area (Å²) in [5.74, 6) is 3.87. The van der Waals surface area contributed by atoms with Crippen molar-refractivity contribution in [3.8, 4) is 17.2 Å². The zero-order chi connectivity index (χ0) is 17.5. The minimum absolute atomic E-state index is 0.0400. The molecular formula is C19H21N5O2. The molecule has 0 amide bonds. The summed E-state index contributed by atoms with van der Waals surface area (Å²) in [4.78, 5) is 4.91. The summed E-state index contributed by atoms with van der Waals surface area (Å²) in [6.07, 6.45) is 7.00. The molecule has 1 fully saturated rings. The summed E-state index contributed by atoms with van der Waals surface area (Å²) >= 11 is 0. The molecule has 0 bridgehead atoms. The molecule has 1 aromatic carbocycles. The van der Waals surface area contributed by atoms with Gasteiger partial charge < -0.3 is 9.47 Å². The van der Waals surface area contributed by atoms with Crippen LogP contribution in [0.4, 0.5) is 0 Å². The summed E-state index contributed by atoms with van der Waals surface area (Å²) in [5.41, 5.74) is 0.939. The summed E-state index contributed by atoms with van der Waals surface area (Å²) in [6.45, 7) is 3.30. The first-order valence-electron chi connectivity index (χ1n) is 9.19. The largest absolute Gasteiger partial charge is 0.486 e. The standard InChI is InChI=1S/C19H21N5O2/c1-2-15(23-9-3-8-20-23)19-21-18(13-4-5-13)22-24(19)14-6-7-16-17(12-14)26-11-10-25-16/h3,6-9,12-13,15H,2,4-5,10-11H2,1H3. The van der Waals surface area contributed by atoms with Crippen LogP contribution in [0.1, 0.15) is 49.8 Å². The highest BCUT2D eigenvalue weighted by Crippen LogP contribution is 2.40. The fraction of sp³-hybridized carbons (Fsp3) is 0.421. The Hall–Kier alpha value is -2.83. The SMILES string of the molecule is CCC(c1nc(C2CC2)nn1-c1ccc2c(c1)OCCO2)n1cccn1. The molecule has 0 N–H and O–H groups in total. The first kappa shape index (κ1) is 15.4. The Morgan fingerprint density at radius 3 is 2.77 bits per heavy atom. The second-order valence-electron chi connectivity index (χ2n) is 6.75. The molecule has 1 aliphatic heterocycles. The molecule has 0 spiro atoms. The van der Waals surface area contributed by atoms with Crippen molar-refractivity contribution in [2.24, 2.45) is 0 Å². The molecule has 5 rings (SSSR count). The number of ether oxygens (including phenoxy) is 2. The van der Waals surface area contributed by atoms with E-state index in [9.17, 15) is 0 Å². The van der Waals surface area contributed by atoms with E-state index in [0.29, 0.717) is 19.1 Å². The third-order valence-corrected chi connectivity index (χ3v) is 4.89. The average molecular weight is 351 g/mol. The number of hydrogen-bond donors (Lipinski definition) is 0. The van der Waals surface area contributed by atoms with Gasteiger partial charge in [-0.25, -0.2) is 9.67 Å². The van der Waals surface area contributed by atoms with Crippen LogP contribution in [-0.2, 0) is 0 Å². The quantitative estimate of drug-likeness (QED) is 0.706. The minimum Gasteiger partial charge on any atom is -0.486 e. The molecule has 0 radical (unpaired) electrons. The molecule has 134 valence electrons. The molecule has 1 saturated carbocycles. The van der Waals surface area contributed by atoms with Gasteiger partial charge in [0.1, 0.15) is 19.3 Å². The number of fused-ring (bicyclic) bond motifs is 1. The highest BCUT2D eigenvalue weighted by atomic mass is 16.6. The van der Waals surface area contributed by atoms with E-state index in [4.69, 9.17) is 19.6 Å². The molecule has 7 heteroatoms. The molecule has 3 aromatic rings. The van der Waals surface area contributed by atoms with E-state index in [-0.39, 0.29) is 6.04 Å². The van der Waals surface area contributed by atoms with E-state index in [1.54, 1.807) is 6.20 Å². The third-order valence-electron chi connectivity index (χ3n) is 4.89. The van der Waals surface area contributed by atoms with Crippen LogP contribution < -0.4 is 9.47 Å². The van der Waals surface area contributed by atoms with Gasteiger partial charge in [-0.3, -0.25) is 4.68 Å². The Balaban J connectivity index is 1.61. The van der Waals surface area contributed by atoms with Crippen LogP contribution in [0.3, 0.4) is 0 Å². The predicted octanol–water partition coefficient (Wildman–Crippen LogP) is 3.11. The van der Waals surface area contributed by atoms with Gasteiger partial charge in [0.05, 0.1) is 5.69 Å². The van der Waals surface area contributed by atoms with Crippen LogP contribution in [0.2, 0.25) is 0 Å². The Kier molecular flexibility index (Phi) is 3.65. The Bertz CT molecular complexity index is 914. The maximum absolute atomic E-state index is 5.75. The van der Waals surface area contributed by atoms with Crippen molar-refractivity contribution in [2.75, 3.05) is 13.2 Å². The maximum atomic E-state index is 5.75. The van der Waals surface area contributed by atoms with E-state index in [0.717, 1.165) is 35.3 Å². The third kappa shape index (κ3) is 2.64. The first-order chi connectivity index (χ1) is 12.8. The molecule has 1 aliphatic carbocycles. The van der Waals surface area contributed by atoms with Gasteiger partial charge in [-0.15, -0.1) is 0 Å². The van der Waals surface area contributed by atoms with Gasteiger partial charge in [-0.2, -0.15) is 10.2 Å². The van der Waals surface area contributed by atoms with Gasteiger partial charge in [-0.05, 0) is 37.5 Å². The molecule has 2 aliphatic rings.